The van der Waals surface area contributed by atoms with E-state index in [0.29, 0.717) is 22.0 Å². The van der Waals surface area contributed by atoms with Crippen LogP contribution < -0.4 is 0 Å². The average molecular weight is 317 g/mol. The van der Waals surface area contributed by atoms with Crippen LogP contribution in [0.15, 0.2) is 23.2 Å². The predicted molar refractivity (Wildman–Crippen MR) is 87.0 cm³/mol. The molecule has 1 aromatic carbocycles. The smallest absolute Gasteiger partial charge is 0.164 e. The Hall–Kier alpha value is -0.380. The molecular weight excluding hydrogens is 299 g/mol. The molecule has 0 spiro atoms. The Morgan fingerprint density at radius 2 is 2.16 bits per heavy atom. The fraction of sp³-hybridized carbons (Fsp3) is 0.500. The first-order chi connectivity index (χ1) is 8.99. The van der Waals surface area contributed by atoms with Crippen LogP contribution >= 0.6 is 35.0 Å². The number of nitrogens with zero attached hydrogens (tertiary/aromatic N) is 2. The minimum absolute atomic E-state index is 0.526. The molecule has 0 radical (unpaired) electrons. The van der Waals surface area contributed by atoms with Crippen LogP contribution in [-0.2, 0) is 0 Å². The highest BCUT2D eigenvalue weighted by Crippen LogP contribution is 2.35. The third-order valence-corrected chi connectivity index (χ3v) is 5.14. The highest BCUT2D eigenvalue weighted by Gasteiger charge is 2.27. The summed E-state index contributed by atoms with van der Waals surface area (Å²) in [5.74, 6) is 1.79. The van der Waals surface area contributed by atoms with Gasteiger partial charge in [-0.3, -0.25) is 0 Å². The Balaban J connectivity index is 2.19. The molecule has 5 heteroatoms. The van der Waals surface area contributed by atoms with E-state index in [9.17, 15) is 0 Å². The molecule has 0 bridgehead atoms. The summed E-state index contributed by atoms with van der Waals surface area (Å²) < 4.78 is 0. The zero-order valence-corrected chi connectivity index (χ0v) is 13.7. The van der Waals surface area contributed by atoms with Gasteiger partial charge in [0.25, 0.3) is 0 Å². The first-order valence-corrected chi connectivity index (χ1v) is 8.11. The molecule has 1 aliphatic rings. The summed E-state index contributed by atoms with van der Waals surface area (Å²) in [5.41, 5.74) is 0.744. The average Bonchev–Trinajstić information content (AvgIpc) is 2.67. The number of halogens is 2. The maximum absolute atomic E-state index is 6.17. The van der Waals surface area contributed by atoms with Crippen molar-refractivity contribution >= 4 is 45.8 Å². The summed E-state index contributed by atoms with van der Waals surface area (Å²) in [6, 6.07) is 6.10. The normalized spacial score (nSPS) is 21.7. The topological polar surface area (TPSA) is 15.6 Å². The summed E-state index contributed by atoms with van der Waals surface area (Å²) in [7, 11) is 2.10. The zero-order valence-electron chi connectivity index (χ0n) is 11.4. The van der Waals surface area contributed by atoms with Gasteiger partial charge in [-0.05, 0) is 24.5 Å². The maximum Gasteiger partial charge on any atom is 0.164 e. The van der Waals surface area contributed by atoms with Gasteiger partial charge in [-0.25, -0.2) is 4.99 Å². The summed E-state index contributed by atoms with van der Waals surface area (Å²) in [6.07, 6.45) is 1.19. The number of hydrogen-bond donors (Lipinski definition) is 0. The van der Waals surface area contributed by atoms with Gasteiger partial charge in [-0.1, -0.05) is 54.9 Å². The Morgan fingerprint density at radius 3 is 2.84 bits per heavy atom. The predicted octanol–water partition coefficient (Wildman–Crippen LogP) is 5.07. The van der Waals surface area contributed by atoms with Crippen molar-refractivity contribution in [3.8, 4) is 0 Å². The third kappa shape index (κ3) is 3.59. The second kappa shape index (κ2) is 6.38. The Bertz CT molecular complexity index is 488. The molecule has 104 valence electrons. The number of amidine groups is 1. The fourth-order valence-corrected chi connectivity index (χ4v) is 3.66. The molecule has 1 aliphatic heterocycles. The van der Waals surface area contributed by atoms with Crippen LogP contribution in [0.1, 0.15) is 20.3 Å². The van der Waals surface area contributed by atoms with E-state index in [1.54, 1.807) is 17.8 Å². The Morgan fingerprint density at radius 1 is 1.42 bits per heavy atom. The zero-order chi connectivity index (χ0) is 14.0. The summed E-state index contributed by atoms with van der Waals surface area (Å²) in [6.45, 7) is 4.50. The first kappa shape index (κ1) is 15.0. The van der Waals surface area contributed by atoms with Crippen LogP contribution in [0.25, 0.3) is 0 Å². The lowest BCUT2D eigenvalue weighted by Gasteiger charge is -2.22. The minimum Gasteiger partial charge on any atom is -0.350 e. The minimum atomic E-state index is 0.526. The van der Waals surface area contributed by atoms with E-state index in [1.807, 2.05) is 12.1 Å². The van der Waals surface area contributed by atoms with Gasteiger partial charge in [0.2, 0.25) is 0 Å². The highest BCUT2D eigenvalue weighted by atomic mass is 35.5. The fourth-order valence-electron chi connectivity index (χ4n) is 2.10. The van der Waals surface area contributed by atoms with E-state index in [-0.39, 0.29) is 0 Å². The molecular formula is C14H18Cl2N2S. The van der Waals surface area contributed by atoms with Gasteiger partial charge in [-0.15, -0.1) is 0 Å². The van der Waals surface area contributed by atoms with E-state index in [1.165, 1.54) is 6.42 Å². The second-order valence-electron chi connectivity index (χ2n) is 5.17. The lowest BCUT2D eigenvalue weighted by molar-refractivity contribution is 0.351. The molecule has 0 aliphatic carbocycles. The van der Waals surface area contributed by atoms with Crippen molar-refractivity contribution in [2.45, 2.75) is 26.3 Å². The summed E-state index contributed by atoms with van der Waals surface area (Å²) in [4.78, 5) is 6.90. The van der Waals surface area contributed by atoms with Gasteiger partial charge in [0, 0.05) is 18.8 Å². The van der Waals surface area contributed by atoms with Crippen LogP contribution in [0.5, 0.6) is 0 Å². The van der Waals surface area contributed by atoms with Crippen LogP contribution in [0, 0.1) is 5.92 Å². The van der Waals surface area contributed by atoms with Crippen molar-refractivity contribution in [3.05, 3.63) is 28.2 Å². The molecule has 0 amide bonds. The first-order valence-electron chi connectivity index (χ1n) is 6.37. The second-order valence-corrected chi connectivity index (χ2v) is 6.94. The highest BCUT2D eigenvalue weighted by molar-refractivity contribution is 8.14. The van der Waals surface area contributed by atoms with Crippen LogP contribution in [-0.4, -0.2) is 28.9 Å². The quantitative estimate of drug-likeness (QED) is 0.773. The molecule has 1 atom stereocenters. The van der Waals surface area contributed by atoms with E-state index in [2.05, 4.69) is 30.8 Å². The molecule has 1 aromatic rings. The van der Waals surface area contributed by atoms with Crippen LogP contribution in [0.3, 0.4) is 0 Å². The third-order valence-electron chi connectivity index (χ3n) is 3.15. The molecule has 0 unspecified atom stereocenters. The van der Waals surface area contributed by atoms with Crippen molar-refractivity contribution in [1.82, 2.24) is 4.90 Å². The van der Waals surface area contributed by atoms with E-state index in [0.717, 1.165) is 16.6 Å². The molecule has 1 saturated heterocycles. The molecule has 2 nitrogen and oxygen atoms in total. The van der Waals surface area contributed by atoms with Crippen molar-refractivity contribution in [1.29, 1.82) is 0 Å². The summed E-state index contributed by atoms with van der Waals surface area (Å²) in [5, 5.41) is 2.10. The molecule has 1 fully saturated rings. The molecule has 2 rings (SSSR count). The van der Waals surface area contributed by atoms with Crippen molar-refractivity contribution < 1.29 is 0 Å². The van der Waals surface area contributed by atoms with Crippen molar-refractivity contribution in [3.63, 3.8) is 0 Å². The van der Waals surface area contributed by atoms with E-state index < -0.39 is 0 Å². The number of rotatable bonds is 3. The van der Waals surface area contributed by atoms with Gasteiger partial charge < -0.3 is 4.90 Å². The van der Waals surface area contributed by atoms with Gasteiger partial charge in [0.1, 0.15) is 0 Å². The molecule has 0 saturated carbocycles. The van der Waals surface area contributed by atoms with Crippen molar-refractivity contribution in [2.24, 2.45) is 10.9 Å². The van der Waals surface area contributed by atoms with Crippen LogP contribution in [0.2, 0.25) is 10.0 Å². The lowest BCUT2D eigenvalue weighted by Crippen LogP contribution is -2.30. The lowest BCUT2D eigenvalue weighted by atomic mass is 10.0. The molecule has 0 N–H and O–H groups in total. The van der Waals surface area contributed by atoms with Crippen molar-refractivity contribution in [2.75, 3.05) is 12.8 Å². The van der Waals surface area contributed by atoms with Gasteiger partial charge in [-0.2, -0.15) is 0 Å². The Kier molecular flexibility index (Phi) is 5.04. The largest absolute Gasteiger partial charge is 0.350 e. The number of hydrogen-bond acceptors (Lipinski definition) is 2. The molecule has 1 heterocycles. The van der Waals surface area contributed by atoms with Gasteiger partial charge in [0.15, 0.2) is 5.17 Å². The number of aliphatic imine (C=N–C) groups is 1. The number of thioether (sulfide) groups is 1. The van der Waals surface area contributed by atoms with Gasteiger partial charge >= 0.3 is 0 Å². The Labute approximate surface area is 129 Å². The summed E-state index contributed by atoms with van der Waals surface area (Å²) >= 11 is 14.0. The SMILES string of the molecule is CC(C)C[C@H]1CSC(=Nc2cccc(Cl)c2Cl)N1C. The van der Waals surface area contributed by atoms with E-state index >= 15 is 0 Å². The molecule has 19 heavy (non-hydrogen) atoms. The monoisotopic (exact) mass is 316 g/mol. The molecule has 0 aromatic heterocycles. The van der Waals surface area contributed by atoms with E-state index in [4.69, 9.17) is 23.2 Å². The van der Waals surface area contributed by atoms with Gasteiger partial charge in [0.05, 0.1) is 15.7 Å². The standard InChI is InChI=1S/C14H18Cl2N2S/c1-9(2)7-10-8-19-14(18(10)3)17-12-6-4-5-11(15)13(12)16/h4-6,9-10H,7-8H2,1-3H3/t10-/m0/s1. The van der Waals surface area contributed by atoms with Crippen LogP contribution in [0.4, 0.5) is 5.69 Å². The maximum atomic E-state index is 6.17. The number of benzene rings is 1.